The first-order chi connectivity index (χ1) is 14.6. The first-order valence-corrected chi connectivity index (χ1v) is 10.2. The summed E-state index contributed by atoms with van der Waals surface area (Å²) >= 11 is 0. The molecule has 0 saturated heterocycles. The minimum absolute atomic E-state index is 0.0141. The zero-order chi connectivity index (χ0) is 21.1. The molecule has 0 fully saturated rings. The molecule has 0 unspecified atom stereocenters. The molecule has 5 heteroatoms. The number of amides is 1. The van der Waals surface area contributed by atoms with E-state index in [1.807, 2.05) is 42.5 Å². The van der Waals surface area contributed by atoms with E-state index in [2.05, 4.69) is 37.6 Å². The minimum atomic E-state index is -0.0141. The predicted octanol–water partition coefficient (Wildman–Crippen LogP) is 3.14. The van der Waals surface area contributed by atoms with Crippen molar-refractivity contribution >= 4 is 27.6 Å². The van der Waals surface area contributed by atoms with Crippen molar-refractivity contribution in [2.24, 2.45) is 0 Å². The van der Waals surface area contributed by atoms with Gasteiger partial charge in [-0.25, -0.2) is 0 Å². The fraction of sp³-hybridized carbons (Fsp3) is 0.240. The maximum absolute atomic E-state index is 12.8. The number of benzene rings is 3. The maximum Gasteiger partial charge on any atom is 0.224 e. The van der Waals surface area contributed by atoms with Crippen LogP contribution in [-0.2, 0) is 11.2 Å². The molecule has 1 amide bonds. The number of rotatable bonds is 7. The summed E-state index contributed by atoms with van der Waals surface area (Å²) in [5.41, 5.74) is 2.85. The number of hydrogen-bond donors (Lipinski definition) is 2. The van der Waals surface area contributed by atoms with Crippen molar-refractivity contribution in [2.75, 3.05) is 27.7 Å². The average molecular weight is 404 g/mol. The molecule has 0 aliphatic rings. The highest BCUT2D eigenvalue weighted by atomic mass is 16.5. The van der Waals surface area contributed by atoms with E-state index in [4.69, 9.17) is 9.15 Å². The van der Waals surface area contributed by atoms with Crippen molar-refractivity contribution in [3.8, 4) is 5.75 Å². The van der Waals surface area contributed by atoms with Gasteiger partial charge in [-0.05, 0) is 29.0 Å². The van der Waals surface area contributed by atoms with Gasteiger partial charge in [0.2, 0.25) is 5.91 Å². The number of fused-ring (bicyclic) bond motifs is 3. The lowest BCUT2D eigenvalue weighted by Crippen LogP contribution is -3.07. The zero-order valence-corrected chi connectivity index (χ0v) is 17.6. The van der Waals surface area contributed by atoms with Crippen LogP contribution in [0.4, 0.5) is 0 Å². The van der Waals surface area contributed by atoms with Crippen molar-refractivity contribution in [2.45, 2.75) is 12.5 Å². The van der Waals surface area contributed by atoms with E-state index in [-0.39, 0.29) is 18.4 Å². The maximum atomic E-state index is 12.8. The summed E-state index contributed by atoms with van der Waals surface area (Å²) in [6.45, 7) is 0.546. The molecular weight excluding hydrogens is 376 g/mol. The largest absolute Gasteiger partial charge is 0.497 e. The molecule has 1 atom stereocenters. The van der Waals surface area contributed by atoms with Gasteiger partial charge < -0.3 is 19.4 Å². The smallest absolute Gasteiger partial charge is 0.224 e. The normalized spacial score (nSPS) is 12.4. The lowest BCUT2D eigenvalue weighted by molar-refractivity contribution is -0.890. The van der Waals surface area contributed by atoms with E-state index in [0.29, 0.717) is 6.54 Å². The fourth-order valence-electron chi connectivity index (χ4n) is 3.97. The van der Waals surface area contributed by atoms with E-state index in [9.17, 15) is 4.79 Å². The standard InChI is InChI=1S/C25H26N2O3/c1-27(2)22(18-8-6-9-20(13-18)29-3)15-26-24(28)14-19-16-30-23-12-11-17-7-4-5-10-21(17)25(19)23/h4-13,16,22H,14-15H2,1-3H3,(H,26,28)/p+1/t22-/m1/s1. The summed E-state index contributed by atoms with van der Waals surface area (Å²) in [7, 11) is 5.84. The van der Waals surface area contributed by atoms with Gasteiger partial charge in [0.25, 0.3) is 0 Å². The van der Waals surface area contributed by atoms with Crippen LogP contribution in [0.15, 0.2) is 71.3 Å². The van der Waals surface area contributed by atoms with E-state index in [0.717, 1.165) is 38.6 Å². The van der Waals surface area contributed by atoms with Gasteiger partial charge in [0.05, 0.1) is 40.4 Å². The zero-order valence-electron chi connectivity index (χ0n) is 17.6. The highest BCUT2D eigenvalue weighted by Gasteiger charge is 2.20. The van der Waals surface area contributed by atoms with E-state index < -0.39 is 0 Å². The van der Waals surface area contributed by atoms with Gasteiger partial charge >= 0.3 is 0 Å². The Morgan fingerprint density at radius 2 is 1.93 bits per heavy atom. The van der Waals surface area contributed by atoms with Gasteiger partial charge in [0, 0.05) is 16.5 Å². The molecule has 1 aromatic heterocycles. The van der Waals surface area contributed by atoms with Gasteiger partial charge in [0.15, 0.2) is 0 Å². The second-order valence-electron chi connectivity index (χ2n) is 7.81. The third-order valence-electron chi connectivity index (χ3n) is 5.59. The Labute approximate surface area is 176 Å². The van der Waals surface area contributed by atoms with Crippen molar-refractivity contribution in [3.63, 3.8) is 0 Å². The third-order valence-corrected chi connectivity index (χ3v) is 5.59. The van der Waals surface area contributed by atoms with E-state index >= 15 is 0 Å². The summed E-state index contributed by atoms with van der Waals surface area (Å²) in [6, 6.07) is 20.3. The van der Waals surface area contributed by atoms with Crippen LogP contribution in [0.1, 0.15) is 17.2 Å². The summed E-state index contributed by atoms with van der Waals surface area (Å²) in [6.07, 6.45) is 1.99. The van der Waals surface area contributed by atoms with Gasteiger partial charge in [-0.15, -0.1) is 0 Å². The highest BCUT2D eigenvalue weighted by molar-refractivity contribution is 6.08. The van der Waals surface area contributed by atoms with Gasteiger partial charge in [0.1, 0.15) is 17.4 Å². The number of carbonyl (C=O) groups excluding carboxylic acids is 1. The van der Waals surface area contributed by atoms with Crippen molar-refractivity contribution in [1.29, 1.82) is 0 Å². The average Bonchev–Trinajstić information content (AvgIpc) is 3.17. The van der Waals surface area contributed by atoms with E-state index in [1.54, 1.807) is 13.4 Å². The quantitative estimate of drug-likeness (QED) is 0.499. The van der Waals surface area contributed by atoms with Gasteiger partial charge in [-0.2, -0.15) is 0 Å². The molecule has 5 nitrogen and oxygen atoms in total. The van der Waals surface area contributed by atoms with Gasteiger partial charge in [-0.1, -0.05) is 42.5 Å². The SMILES string of the molecule is COc1cccc([C@@H](CNC(=O)Cc2coc3ccc4ccccc4c23)[NH+](C)C)c1. The summed E-state index contributed by atoms with van der Waals surface area (Å²) in [4.78, 5) is 14.0. The molecular formula is C25H27N2O3+. The Balaban J connectivity index is 1.51. The minimum Gasteiger partial charge on any atom is -0.497 e. The first kappa shape index (κ1) is 20.0. The van der Waals surface area contributed by atoms with Crippen LogP contribution in [0, 0.1) is 0 Å². The molecule has 0 aliphatic heterocycles. The predicted molar refractivity (Wildman–Crippen MR) is 119 cm³/mol. The Morgan fingerprint density at radius 1 is 1.10 bits per heavy atom. The van der Waals surface area contributed by atoms with Crippen LogP contribution in [0.25, 0.3) is 21.7 Å². The number of hydrogen-bond acceptors (Lipinski definition) is 3. The molecule has 0 spiro atoms. The topological polar surface area (TPSA) is 55.9 Å². The highest BCUT2D eigenvalue weighted by Crippen LogP contribution is 2.30. The molecule has 1 heterocycles. The number of ether oxygens (including phenoxy) is 1. The number of furan rings is 1. The van der Waals surface area contributed by atoms with Crippen LogP contribution in [0.5, 0.6) is 5.75 Å². The van der Waals surface area contributed by atoms with Gasteiger partial charge in [-0.3, -0.25) is 4.79 Å². The van der Waals surface area contributed by atoms with Crippen LogP contribution in [0.3, 0.4) is 0 Å². The molecule has 0 saturated carbocycles. The number of nitrogens with one attached hydrogen (secondary N) is 2. The third kappa shape index (κ3) is 4.02. The second kappa shape index (κ2) is 8.59. The summed E-state index contributed by atoms with van der Waals surface area (Å²) in [5, 5.41) is 6.38. The molecule has 3 aromatic carbocycles. The summed E-state index contributed by atoms with van der Waals surface area (Å²) in [5.74, 6) is 0.807. The van der Waals surface area contributed by atoms with Crippen molar-refractivity contribution in [1.82, 2.24) is 5.32 Å². The molecule has 0 aliphatic carbocycles. The Hall–Kier alpha value is -3.31. The number of methoxy groups -OCH3 is 1. The lowest BCUT2D eigenvalue weighted by Gasteiger charge is -2.22. The molecule has 4 aromatic rings. The van der Waals surface area contributed by atoms with E-state index in [1.165, 1.54) is 4.90 Å². The van der Waals surface area contributed by atoms with Crippen molar-refractivity contribution < 1.29 is 18.8 Å². The van der Waals surface area contributed by atoms with Crippen LogP contribution < -0.4 is 15.0 Å². The number of likely N-dealkylation sites (N-methyl/N-ethyl adjacent to an activating group) is 1. The molecule has 4 rings (SSSR count). The fourth-order valence-corrected chi connectivity index (χ4v) is 3.97. The van der Waals surface area contributed by atoms with Crippen LogP contribution >= 0.6 is 0 Å². The molecule has 0 bridgehead atoms. The first-order valence-electron chi connectivity index (χ1n) is 10.2. The molecule has 0 radical (unpaired) electrons. The second-order valence-corrected chi connectivity index (χ2v) is 7.81. The number of quaternary nitrogens is 1. The Bertz CT molecular complexity index is 1180. The van der Waals surface area contributed by atoms with Crippen LogP contribution in [-0.4, -0.2) is 33.7 Å². The molecule has 30 heavy (non-hydrogen) atoms. The monoisotopic (exact) mass is 403 g/mol. The molecule has 154 valence electrons. The summed E-state index contributed by atoms with van der Waals surface area (Å²) < 4.78 is 11.1. The Kier molecular flexibility index (Phi) is 5.72. The van der Waals surface area contributed by atoms with Crippen molar-refractivity contribution in [3.05, 3.63) is 78.1 Å². The van der Waals surface area contributed by atoms with Crippen LogP contribution in [0.2, 0.25) is 0 Å². The Morgan fingerprint density at radius 3 is 2.73 bits per heavy atom. The lowest BCUT2D eigenvalue weighted by atomic mass is 10.0. The number of carbonyl (C=O) groups is 1. The molecule has 2 N–H and O–H groups in total.